The third-order valence-electron chi connectivity index (χ3n) is 4.85. The smallest absolute Gasteiger partial charge is 0.244 e. The van der Waals surface area contributed by atoms with E-state index in [1.165, 1.54) is 16.7 Å². The zero-order valence-electron chi connectivity index (χ0n) is 14.1. The van der Waals surface area contributed by atoms with Gasteiger partial charge in [0, 0.05) is 18.8 Å². The van der Waals surface area contributed by atoms with Crippen molar-refractivity contribution in [1.29, 1.82) is 0 Å². The molecule has 0 spiro atoms. The van der Waals surface area contributed by atoms with Crippen molar-refractivity contribution in [1.82, 2.24) is 4.90 Å². The van der Waals surface area contributed by atoms with Gasteiger partial charge in [-0.25, -0.2) is 0 Å². The fourth-order valence-corrected chi connectivity index (χ4v) is 3.17. The molecule has 1 aliphatic heterocycles. The van der Waals surface area contributed by atoms with Gasteiger partial charge in [0.25, 0.3) is 0 Å². The zero-order valence-corrected chi connectivity index (χ0v) is 14.1. The summed E-state index contributed by atoms with van der Waals surface area (Å²) in [5.41, 5.74) is 4.89. The number of amides is 1. The fraction of sp³-hybridized carbons (Fsp3) is 0.350. The molecular formula is C20H24N2O. The Hall–Kier alpha value is -2.13. The summed E-state index contributed by atoms with van der Waals surface area (Å²) < 4.78 is 0. The third-order valence-corrected chi connectivity index (χ3v) is 4.85. The van der Waals surface area contributed by atoms with Gasteiger partial charge in [-0.05, 0) is 50.1 Å². The highest BCUT2D eigenvalue weighted by molar-refractivity contribution is 5.98. The zero-order chi connectivity index (χ0) is 16.4. The number of benzene rings is 2. The molecule has 0 aliphatic carbocycles. The van der Waals surface area contributed by atoms with Gasteiger partial charge >= 0.3 is 0 Å². The van der Waals surface area contributed by atoms with E-state index in [1.54, 1.807) is 0 Å². The first kappa shape index (κ1) is 15.8. The summed E-state index contributed by atoms with van der Waals surface area (Å²) in [5, 5.41) is 0. The molecule has 1 heterocycles. The molecule has 2 aromatic carbocycles. The number of carbonyl (C=O) groups excluding carboxylic acids is 1. The molecule has 3 nitrogen and oxygen atoms in total. The van der Waals surface area contributed by atoms with Crippen molar-refractivity contribution in [3.63, 3.8) is 0 Å². The van der Waals surface area contributed by atoms with E-state index >= 15 is 0 Å². The Kier molecular flexibility index (Phi) is 4.49. The average molecular weight is 308 g/mol. The van der Waals surface area contributed by atoms with E-state index < -0.39 is 0 Å². The van der Waals surface area contributed by atoms with Crippen LogP contribution >= 0.6 is 0 Å². The molecule has 2 aromatic rings. The van der Waals surface area contributed by atoms with E-state index in [0.29, 0.717) is 0 Å². The number of hydrogen-bond donors (Lipinski definition) is 0. The molecule has 1 amide bonds. The van der Waals surface area contributed by atoms with Crippen molar-refractivity contribution in [3.05, 3.63) is 65.2 Å². The van der Waals surface area contributed by atoms with Crippen LogP contribution in [0.25, 0.3) is 0 Å². The van der Waals surface area contributed by atoms with Crippen LogP contribution in [0.3, 0.4) is 0 Å². The van der Waals surface area contributed by atoms with Crippen molar-refractivity contribution < 1.29 is 4.79 Å². The molecule has 1 aliphatic rings. The quantitative estimate of drug-likeness (QED) is 0.864. The molecule has 0 N–H and O–H groups in total. The van der Waals surface area contributed by atoms with Gasteiger partial charge in [0.2, 0.25) is 5.91 Å². The molecule has 3 heteroatoms. The molecule has 0 bridgehead atoms. The second kappa shape index (κ2) is 6.55. The number of anilines is 1. The lowest BCUT2D eigenvalue weighted by Crippen LogP contribution is -2.45. The van der Waals surface area contributed by atoms with E-state index in [0.717, 1.165) is 25.2 Å². The highest BCUT2D eigenvalue weighted by atomic mass is 16.2. The van der Waals surface area contributed by atoms with Crippen molar-refractivity contribution in [2.75, 3.05) is 18.5 Å². The summed E-state index contributed by atoms with van der Waals surface area (Å²) >= 11 is 0. The predicted molar refractivity (Wildman–Crippen MR) is 94.6 cm³/mol. The summed E-state index contributed by atoms with van der Waals surface area (Å²) in [6.45, 7) is 5.70. The molecule has 0 fully saturated rings. The Morgan fingerprint density at radius 2 is 1.87 bits per heavy atom. The highest BCUT2D eigenvalue weighted by Crippen LogP contribution is 2.28. The largest absolute Gasteiger partial charge is 0.310 e. The number of fused-ring (bicyclic) bond motifs is 1. The molecule has 1 unspecified atom stereocenters. The van der Waals surface area contributed by atoms with Crippen LogP contribution < -0.4 is 4.90 Å². The summed E-state index contributed by atoms with van der Waals surface area (Å²) in [6.07, 6.45) is 0.955. The van der Waals surface area contributed by atoms with Crippen molar-refractivity contribution in [2.45, 2.75) is 32.9 Å². The summed E-state index contributed by atoms with van der Waals surface area (Å²) in [7, 11) is 2.02. The first-order chi connectivity index (χ1) is 11.1. The van der Waals surface area contributed by atoms with Gasteiger partial charge in [0.1, 0.15) is 0 Å². The standard InChI is InChI=1S/C20H24N2O/c1-15-8-4-5-10-18(15)14-21(3)16(2)20(23)22-13-12-17-9-6-7-11-19(17)22/h4-11,16H,12-14H2,1-3H3. The number of aryl methyl sites for hydroxylation is 1. The SMILES string of the molecule is Cc1ccccc1CN(C)C(C)C(=O)N1CCc2ccccc21. The molecule has 3 rings (SSSR count). The number of likely N-dealkylation sites (N-methyl/N-ethyl adjacent to an activating group) is 1. The Morgan fingerprint density at radius 3 is 2.65 bits per heavy atom. The van der Waals surface area contributed by atoms with Gasteiger partial charge in [0.05, 0.1) is 6.04 Å². The van der Waals surface area contributed by atoms with Crippen LogP contribution in [0.1, 0.15) is 23.6 Å². The molecule has 0 radical (unpaired) electrons. The second-order valence-corrected chi connectivity index (χ2v) is 6.39. The molecule has 0 aromatic heterocycles. The average Bonchev–Trinajstić information content (AvgIpc) is 2.99. The summed E-state index contributed by atoms with van der Waals surface area (Å²) in [5.74, 6) is 0.186. The summed E-state index contributed by atoms with van der Waals surface area (Å²) in [6, 6.07) is 16.4. The maximum atomic E-state index is 12.9. The van der Waals surface area contributed by atoms with E-state index in [-0.39, 0.29) is 11.9 Å². The van der Waals surface area contributed by atoms with Crippen molar-refractivity contribution >= 4 is 11.6 Å². The molecule has 0 saturated carbocycles. The van der Waals surface area contributed by atoms with Gasteiger partial charge in [0.15, 0.2) is 0 Å². The minimum absolute atomic E-state index is 0.138. The second-order valence-electron chi connectivity index (χ2n) is 6.39. The van der Waals surface area contributed by atoms with Gasteiger partial charge in [-0.2, -0.15) is 0 Å². The Bertz CT molecular complexity index is 710. The van der Waals surface area contributed by atoms with Crippen molar-refractivity contribution in [2.24, 2.45) is 0 Å². The van der Waals surface area contributed by atoms with E-state index in [2.05, 4.69) is 42.2 Å². The van der Waals surface area contributed by atoms with Crippen molar-refractivity contribution in [3.8, 4) is 0 Å². The van der Waals surface area contributed by atoms with Gasteiger partial charge in [-0.3, -0.25) is 9.69 Å². The maximum Gasteiger partial charge on any atom is 0.244 e. The van der Waals surface area contributed by atoms with Crippen LogP contribution in [0.2, 0.25) is 0 Å². The molecule has 1 atom stereocenters. The van der Waals surface area contributed by atoms with E-state index in [4.69, 9.17) is 0 Å². The molecule has 120 valence electrons. The number of nitrogens with zero attached hydrogens (tertiary/aromatic N) is 2. The first-order valence-electron chi connectivity index (χ1n) is 8.22. The van der Waals surface area contributed by atoms with Crippen LogP contribution in [-0.2, 0) is 17.8 Å². The minimum atomic E-state index is -0.138. The lowest BCUT2D eigenvalue weighted by atomic mass is 10.1. The molecule has 23 heavy (non-hydrogen) atoms. The maximum absolute atomic E-state index is 12.9. The van der Waals surface area contributed by atoms with Crippen LogP contribution in [0.4, 0.5) is 5.69 Å². The monoisotopic (exact) mass is 308 g/mol. The van der Waals surface area contributed by atoms with Crippen LogP contribution in [0, 0.1) is 6.92 Å². The van der Waals surface area contributed by atoms with E-state index in [9.17, 15) is 4.79 Å². The fourth-order valence-electron chi connectivity index (χ4n) is 3.17. The number of hydrogen-bond acceptors (Lipinski definition) is 2. The number of rotatable bonds is 4. The molecular weight excluding hydrogens is 284 g/mol. The first-order valence-corrected chi connectivity index (χ1v) is 8.22. The highest BCUT2D eigenvalue weighted by Gasteiger charge is 2.29. The lowest BCUT2D eigenvalue weighted by molar-refractivity contribution is -0.122. The number of para-hydroxylation sites is 1. The Morgan fingerprint density at radius 1 is 1.17 bits per heavy atom. The van der Waals surface area contributed by atoms with E-state index in [1.807, 2.05) is 37.1 Å². The summed E-state index contributed by atoms with van der Waals surface area (Å²) in [4.78, 5) is 17.0. The number of carbonyl (C=O) groups is 1. The minimum Gasteiger partial charge on any atom is -0.310 e. The van der Waals surface area contributed by atoms with Gasteiger partial charge in [-0.1, -0.05) is 42.5 Å². The third kappa shape index (κ3) is 3.15. The van der Waals surface area contributed by atoms with Crippen LogP contribution in [-0.4, -0.2) is 30.4 Å². The molecule has 0 saturated heterocycles. The van der Waals surface area contributed by atoms with Crippen LogP contribution in [0.5, 0.6) is 0 Å². The van der Waals surface area contributed by atoms with Gasteiger partial charge in [-0.15, -0.1) is 0 Å². The lowest BCUT2D eigenvalue weighted by Gasteiger charge is -2.28. The predicted octanol–water partition coefficient (Wildman–Crippen LogP) is 3.40. The van der Waals surface area contributed by atoms with Crippen LogP contribution in [0.15, 0.2) is 48.5 Å². The van der Waals surface area contributed by atoms with Gasteiger partial charge < -0.3 is 4.90 Å². The topological polar surface area (TPSA) is 23.6 Å². The normalized spacial score (nSPS) is 14.9. The Balaban J connectivity index is 1.72. The Labute approximate surface area is 138 Å².